The lowest BCUT2D eigenvalue weighted by molar-refractivity contribution is -0.728. The van der Waals surface area contributed by atoms with E-state index in [0.717, 1.165) is 30.6 Å². The summed E-state index contributed by atoms with van der Waals surface area (Å²) in [5.41, 5.74) is 7.41. The quantitative estimate of drug-likeness (QED) is 0.252. The van der Waals surface area contributed by atoms with Crippen molar-refractivity contribution in [2.24, 2.45) is 17.8 Å². The molecule has 2 aromatic heterocycles. The molecule has 3 heterocycles. The Kier molecular flexibility index (Phi) is 4.84. The molecular formula is C33H43N2+. The molecule has 0 N–H and O–H groups in total. The van der Waals surface area contributed by atoms with E-state index in [1.54, 1.807) is 0 Å². The number of hydrogen-bond acceptors (Lipinski definition) is 0. The first-order valence-corrected chi connectivity index (χ1v) is 14.1. The van der Waals surface area contributed by atoms with Crippen LogP contribution in [0.2, 0.25) is 0 Å². The summed E-state index contributed by atoms with van der Waals surface area (Å²) >= 11 is 0. The summed E-state index contributed by atoms with van der Waals surface area (Å²) in [7, 11) is 0. The van der Waals surface area contributed by atoms with E-state index in [1.807, 2.05) is 0 Å². The highest BCUT2D eigenvalue weighted by molar-refractivity contribution is 5.99. The van der Waals surface area contributed by atoms with Crippen molar-refractivity contribution in [3.8, 4) is 0 Å². The summed E-state index contributed by atoms with van der Waals surface area (Å²) in [6.45, 7) is 19.5. The number of hydrogen-bond donors (Lipinski definition) is 0. The highest BCUT2D eigenvalue weighted by atomic mass is 15.2. The molecule has 1 aliphatic heterocycles. The van der Waals surface area contributed by atoms with Gasteiger partial charge in [-0.05, 0) is 77.6 Å². The molecule has 6 rings (SSSR count). The van der Waals surface area contributed by atoms with Crippen molar-refractivity contribution in [2.75, 3.05) is 0 Å². The number of rotatable bonds is 6. The van der Waals surface area contributed by atoms with Crippen LogP contribution in [0, 0.1) is 17.8 Å². The summed E-state index contributed by atoms with van der Waals surface area (Å²) in [5, 5.41) is 2.81. The maximum absolute atomic E-state index is 2.72. The van der Waals surface area contributed by atoms with Gasteiger partial charge in [-0.25, -0.2) is 4.57 Å². The lowest BCUT2D eigenvalue weighted by Crippen LogP contribution is -2.66. The number of imidazole rings is 1. The fourth-order valence-electron chi connectivity index (χ4n) is 8.58. The van der Waals surface area contributed by atoms with Gasteiger partial charge >= 0.3 is 0 Å². The third-order valence-electron chi connectivity index (χ3n) is 11.2. The first kappa shape index (κ1) is 23.1. The summed E-state index contributed by atoms with van der Waals surface area (Å²) in [6.07, 6.45) is 7.17. The van der Waals surface area contributed by atoms with Gasteiger partial charge < -0.3 is 0 Å². The van der Waals surface area contributed by atoms with Crippen molar-refractivity contribution in [1.29, 1.82) is 0 Å². The van der Waals surface area contributed by atoms with Crippen LogP contribution in [0.1, 0.15) is 92.2 Å². The summed E-state index contributed by atoms with van der Waals surface area (Å²) in [6, 6.07) is 16.7. The third kappa shape index (κ3) is 2.64. The van der Waals surface area contributed by atoms with E-state index in [2.05, 4.69) is 113 Å². The normalized spacial score (nSPS) is 30.1. The Morgan fingerprint density at radius 1 is 0.914 bits per heavy atom. The van der Waals surface area contributed by atoms with E-state index in [0.29, 0.717) is 0 Å². The smallest absolute Gasteiger partial charge is 0.216 e. The van der Waals surface area contributed by atoms with E-state index >= 15 is 0 Å². The molecule has 2 heteroatoms. The molecule has 2 aliphatic rings. The molecule has 2 aromatic carbocycles. The van der Waals surface area contributed by atoms with Gasteiger partial charge in [0.15, 0.2) is 11.0 Å². The highest BCUT2D eigenvalue weighted by Crippen LogP contribution is 2.60. The van der Waals surface area contributed by atoms with Crippen LogP contribution in [0.15, 0.2) is 48.7 Å². The van der Waals surface area contributed by atoms with Gasteiger partial charge in [0, 0.05) is 5.41 Å². The second-order valence-corrected chi connectivity index (χ2v) is 12.5. The van der Waals surface area contributed by atoms with Crippen LogP contribution in [0.4, 0.5) is 0 Å². The van der Waals surface area contributed by atoms with Crippen molar-refractivity contribution >= 4 is 27.5 Å². The molecule has 0 saturated heterocycles. The fourth-order valence-corrected chi connectivity index (χ4v) is 8.58. The Balaban J connectivity index is 1.68. The predicted octanol–water partition coefficient (Wildman–Crippen LogP) is 8.30. The van der Waals surface area contributed by atoms with Gasteiger partial charge in [-0.2, -0.15) is 4.40 Å². The maximum Gasteiger partial charge on any atom is 0.295 e. The zero-order valence-corrected chi connectivity index (χ0v) is 23.1. The molecule has 4 unspecified atom stereocenters. The molecule has 0 spiro atoms. The maximum atomic E-state index is 2.72. The first-order valence-electron chi connectivity index (χ1n) is 14.1. The minimum atomic E-state index is 0.00548. The average molecular weight is 468 g/mol. The van der Waals surface area contributed by atoms with Crippen LogP contribution in [0.3, 0.4) is 0 Å². The molecule has 4 atom stereocenters. The average Bonchev–Trinajstić information content (AvgIpc) is 3.52. The van der Waals surface area contributed by atoms with Gasteiger partial charge in [0.05, 0.1) is 11.6 Å². The first-order chi connectivity index (χ1) is 16.7. The topological polar surface area (TPSA) is 8.29 Å². The fraction of sp³-hybridized carbons (Fsp3) is 0.545. The molecule has 1 saturated carbocycles. The van der Waals surface area contributed by atoms with Crippen molar-refractivity contribution in [2.45, 2.75) is 97.4 Å². The molecule has 184 valence electrons. The SMILES string of the molecule is CCC1C(CC)C1C(C)(C)c1ccc2c(c1)n1ccc3cccc4c3c1[n+]2C(C)(CC)C4(C)CC. The van der Waals surface area contributed by atoms with Crippen molar-refractivity contribution in [3.63, 3.8) is 0 Å². The summed E-state index contributed by atoms with van der Waals surface area (Å²) in [5.74, 6) is 2.55. The second kappa shape index (κ2) is 7.34. The van der Waals surface area contributed by atoms with Crippen LogP contribution < -0.4 is 4.57 Å². The van der Waals surface area contributed by atoms with E-state index in [-0.39, 0.29) is 16.4 Å². The Hall–Kier alpha value is -2.35. The van der Waals surface area contributed by atoms with Gasteiger partial charge in [0.1, 0.15) is 5.54 Å². The van der Waals surface area contributed by atoms with Crippen molar-refractivity contribution < 1.29 is 4.57 Å². The number of nitrogens with zero attached hydrogens (tertiary/aromatic N) is 2. The molecule has 4 aromatic rings. The number of fused-ring (bicyclic) bond motifs is 3. The van der Waals surface area contributed by atoms with E-state index < -0.39 is 0 Å². The Labute approximate surface area is 211 Å². The monoisotopic (exact) mass is 467 g/mol. The number of aromatic nitrogens is 2. The second-order valence-electron chi connectivity index (χ2n) is 12.5. The molecule has 0 amide bonds. The minimum absolute atomic E-state index is 0.00548. The molecule has 0 bridgehead atoms. The molecule has 1 aliphatic carbocycles. The van der Waals surface area contributed by atoms with Gasteiger partial charge in [-0.3, -0.25) is 0 Å². The number of pyridine rings is 1. The van der Waals surface area contributed by atoms with Crippen molar-refractivity contribution in [1.82, 2.24) is 4.40 Å². The summed E-state index contributed by atoms with van der Waals surface area (Å²) < 4.78 is 5.23. The zero-order valence-electron chi connectivity index (χ0n) is 23.1. The van der Waals surface area contributed by atoms with Gasteiger partial charge in [-0.15, -0.1) is 0 Å². The molecular weight excluding hydrogens is 424 g/mol. The van der Waals surface area contributed by atoms with Gasteiger partial charge in [0.2, 0.25) is 0 Å². The van der Waals surface area contributed by atoms with E-state index in [9.17, 15) is 0 Å². The lowest BCUT2D eigenvalue weighted by Gasteiger charge is -2.46. The molecule has 0 radical (unpaired) electrons. The molecule has 2 nitrogen and oxygen atoms in total. The van der Waals surface area contributed by atoms with E-state index in [4.69, 9.17) is 0 Å². The standard InChI is InChI=1S/C33H43N2/c1-9-23-24(10-2)29(23)31(5,6)22-16-17-26-27(20-22)34-19-18-21-14-13-15-25-28(21)30(34)35(26)33(8,12-4)32(25,7)11-3/h13-20,23-24,29H,9-12H2,1-8H3/q+1. The minimum Gasteiger partial charge on any atom is -0.216 e. The van der Waals surface area contributed by atoms with Crippen LogP contribution >= 0.6 is 0 Å². The summed E-state index contributed by atoms with van der Waals surface area (Å²) in [4.78, 5) is 0. The van der Waals surface area contributed by atoms with Crippen molar-refractivity contribution in [3.05, 3.63) is 59.8 Å². The number of benzene rings is 2. The van der Waals surface area contributed by atoms with Crippen LogP contribution in [-0.4, -0.2) is 4.40 Å². The molecule has 1 fully saturated rings. The van der Waals surface area contributed by atoms with Gasteiger partial charge in [-0.1, -0.05) is 85.6 Å². The lowest BCUT2D eigenvalue weighted by atomic mass is 9.62. The Bertz CT molecular complexity index is 1460. The Morgan fingerprint density at radius 2 is 1.63 bits per heavy atom. The Morgan fingerprint density at radius 3 is 2.26 bits per heavy atom. The largest absolute Gasteiger partial charge is 0.295 e. The molecule has 35 heavy (non-hydrogen) atoms. The third-order valence-corrected chi connectivity index (χ3v) is 11.2. The van der Waals surface area contributed by atoms with Gasteiger partial charge in [0.25, 0.3) is 5.65 Å². The van der Waals surface area contributed by atoms with Crippen LogP contribution in [0.25, 0.3) is 27.5 Å². The highest BCUT2D eigenvalue weighted by Gasteiger charge is 2.56. The van der Waals surface area contributed by atoms with Crippen LogP contribution in [-0.2, 0) is 16.4 Å². The zero-order chi connectivity index (χ0) is 24.9. The predicted molar refractivity (Wildman–Crippen MR) is 148 cm³/mol. The van der Waals surface area contributed by atoms with E-state index in [1.165, 1.54) is 51.4 Å². The van der Waals surface area contributed by atoms with Crippen LogP contribution in [0.5, 0.6) is 0 Å².